The minimum atomic E-state index is -0.414. The molecular weight excluding hydrogens is 1500 g/mol. The zero-order valence-electron chi connectivity index (χ0n) is 70.7. The molecular formula is C89H121N19O10. The van der Waals surface area contributed by atoms with Crippen LogP contribution in [0.3, 0.4) is 0 Å². The van der Waals surface area contributed by atoms with Crippen LogP contribution < -0.4 is 5.32 Å². The second-order valence-electron chi connectivity index (χ2n) is 32.3. The number of morpholine rings is 1. The first-order valence-electron chi connectivity index (χ1n) is 42.2. The van der Waals surface area contributed by atoms with Gasteiger partial charge < -0.3 is 60.3 Å². The molecule has 6 heterocycles. The first-order valence-corrected chi connectivity index (χ1v) is 42.2. The van der Waals surface area contributed by atoms with Crippen molar-refractivity contribution in [3.63, 3.8) is 0 Å². The molecule has 0 radical (unpaired) electrons. The van der Waals surface area contributed by atoms with E-state index in [1.165, 1.54) is 18.2 Å². The number of carbonyl (C=O) groups excluding carboxylic acids is 3. The van der Waals surface area contributed by atoms with Crippen LogP contribution in [0.5, 0.6) is 34.5 Å². The van der Waals surface area contributed by atoms with Gasteiger partial charge in [0.05, 0.1) is 29.9 Å². The molecule has 12 rings (SSSR count). The number of nitrogens with zero attached hydrogens (tertiary/aromatic N) is 18. The molecule has 0 saturated carbocycles. The molecule has 632 valence electrons. The number of aromatic hydroxyl groups is 6. The first kappa shape index (κ1) is 87.0. The molecule has 0 aliphatic carbocycles. The van der Waals surface area contributed by atoms with Crippen LogP contribution in [-0.2, 0) is 24.4 Å². The number of rotatable bonds is 38. The number of hydrogen-bond acceptors (Lipinski definition) is 23. The Morgan fingerprint density at radius 1 is 0.407 bits per heavy atom. The predicted octanol–water partition coefficient (Wildman–Crippen LogP) is 10.6. The van der Waals surface area contributed by atoms with Gasteiger partial charge in [-0.15, -0.1) is 30.6 Å². The van der Waals surface area contributed by atoms with Crippen molar-refractivity contribution in [2.24, 2.45) is 0 Å². The second-order valence-corrected chi connectivity index (χ2v) is 32.3. The molecule has 29 nitrogen and oxygen atoms in total. The fourth-order valence-corrected chi connectivity index (χ4v) is 15.9. The van der Waals surface area contributed by atoms with E-state index in [2.05, 4.69) is 107 Å². The summed E-state index contributed by atoms with van der Waals surface area (Å²) in [5, 5.41) is 98.5. The van der Waals surface area contributed by atoms with E-state index in [4.69, 9.17) is 14.9 Å². The molecule has 9 aromatic rings. The van der Waals surface area contributed by atoms with Crippen molar-refractivity contribution in [3.8, 4) is 85.7 Å². The molecule has 3 aliphatic rings. The number of amides is 3. The van der Waals surface area contributed by atoms with E-state index in [1.54, 1.807) is 31.9 Å². The SMILES string of the molecule is CCN(CC)Cc1ccc(-n2c(C(=O)N(CCN3CCN(C)CC3)CCN(CC)Cc3ccc(-n4c(C(=O)N(CCCN5CCOCC5)CCN(CC)Cc5ccc(-n6c(C(=O)NCCN7CCCC7)nnc6-c6cc(C(C)C)c(O)cc6O)cc5)nnc4-c4cc(C(C)C)c(O)cc4O)cc3)nnc2-c2cc(C(C)C)c(O)cc2O)cc1. The zero-order chi connectivity index (χ0) is 83.8. The van der Waals surface area contributed by atoms with Gasteiger partial charge in [0, 0.05) is 160 Å². The van der Waals surface area contributed by atoms with Gasteiger partial charge in [-0.3, -0.25) is 52.6 Å². The number of benzene rings is 6. The number of likely N-dealkylation sites (tertiary alicyclic amines) is 1. The van der Waals surface area contributed by atoms with Crippen molar-refractivity contribution in [2.45, 2.75) is 126 Å². The van der Waals surface area contributed by atoms with E-state index in [0.717, 1.165) is 108 Å². The quantitative estimate of drug-likeness (QED) is 0.0189. The van der Waals surface area contributed by atoms with Gasteiger partial charge in [-0.1, -0.05) is 106 Å². The van der Waals surface area contributed by atoms with Crippen molar-refractivity contribution in [1.29, 1.82) is 0 Å². The molecule has 3 amide bonds. The summed E-state index contributed by atoms with van der Waals surface area (Å²) in [5.41, 5.74) is 7.54. The third-order valence-corrected chi connectivity index (χ3v) is 23.3. The molecule has 3 aromatic heterocycles. The highest BCUT2D eigenvalue weighted by Gasteiger charge is 2.33. The van der Waals surface area contributed by atoms with E-state index in [0.29, 0.717) is 150 Å². The van der Waals surface area contributed by atoms with Crippen LogP contribution in [0.2, 0.25) is 0 Å². The lowest BCUT2D eigenvalue weighted by molar-refractivity contribution is 0.0354. The van der Waals surface area contributed by atoms with Gasteiger partial charge in [-0.05, 0) is 171 Å². The van der Waals surface area contributed by atoms with Crippen LogP contribution in [-0.4, -0.2) is 301 Å². The van der Waals surface area contributed by atoms with Crippen LogP contribution in [0.4, 0.5) is 0 Å². The average Bonchev–Trinajstić information content (AvgIpc) is 1.77. The summed E-state index contributed by atoms with van der Waals surface area (Å²) in [4.78, 5) is 65.5. The lowest BCUT2D eigenvalue weighted by atomic mass is 9.98. The summed E-state index contributed by atoms with van der Waals surface area (Å²) in [6.07, 6.45) is 2.91. The monoisotopic (exact) mass is 1620 g/mol. The van der Waals surface area contributed by atoms with E-state index in [9.17, 15) is 35.4 Å². The maximum absolute atomic E-state index is 15.9. The third kappa shape index (κ3) is 21.0. The molecule has 0 bridgehead atoms. The molecule has 0 unspecified atom stereocenters. The van der Waals surface area contributed by atoms with Gasteiger partial charge in [0.1, 0.15) is 34.5 Å². The van der Waals surface area contributed by atoms with Crippen molar-refractivity contribution in [1.82, 2.24) is 93.7 Å². The number of phenols is 6. The summed E-state index contributed by atoms with van der Waals surface area (Å²) in [7, 11) is 2.12. The van der Waals surface area contributed by atoms with Crippen LogP contribution in [0.1, 0.15) is 171 Å². The average molecular weight is 1620 g/mol. The Morgan fingerprint density at radius 2 is 0.771 bits per heavy atom. The summed E-state index contributed by atoms with van der Waals surface area (Å²) >= 11 is 0. The van der Waals surface area contributed by atoms with E-state index >= 15 is 9.59 Å². The summed E-state index contributed by atoms with van der Waals surface area (Å²) in [5.74, 6) is -1.34. The third-order valence-electron chi connectivity index (χ3n) is 23.3. The van der Waals surface area contributed by atoms with Crippen LogP contribution in [0.15, 0.2) is 109 Å². The summed E-state index contributed by atoms with van der Waals surface area (Å²) in [6.45, 7) is 38.2. The molecule has 3 fully saturated rings. The molecule has 0 spiro atoms. The van der Waals surface area contributed by atoms with Gasteiger partial charge in [0.15, 0.2) is 17.5 Å². The Labute approximate surface area is 693 Å². The van der Waals surface area contributed by atoms with Crippen molar-refractivity contribution >= 4 is 17.7 Å². The maximum Gasteiger partial charge on any atom is 0.292 e. The lowest BCUT2D eigenvalue weighted by Gasteiger charge is -2.34. The highest BCUT2D eigenvalue weighted by atomic mass is 16.5. The van der Waals surface area contributed by atoms with E-state index in [-0.39, 0.29) is 105 Å². The molecule has 7 N–H and O–H groups in total. The Morgan fingerprint density at radius 3 is 1.17 bits per heavy atom. The van der Waals surface area contributed by atoms with E-state index < -0.39 is 5.91 Å². The first-order chi connectivity index (χ1) is 56.9. The standard InChI is InChI=1S/C89H121N19O10/c1-12-98(13-2)57-63-19-27-67(28-20-63)108-83(74-53-71(62(9)10)77(111)56-80(74)114)93-96-86(108)89(117)105(46-43-103-39-37-97(11)38-40-103)45-42-100(15-4)59-65-23-29-68(30-24-65)107-82(73-52-70(61(7)8)76(110)55-79(73)113)92-95-85(107)88(116)104(35-18-34-102-47-49-118-50-48-102)44-41-99(14-3)58-64-21-25-66(26-22-64)106-81(72-51-69(60(5)6)75(109)54-78(72)112)91-94-84(106)87(115)90-31-36-101-32-16-17-33-101/h19-30,51-56,60-62,109-114H,12-18,31-50,57-59H2,1-11H3,(H,90,115). The lowest BCUT2D eigenvalue weighted by Crippen LogP contribution is -2.48. The minimum Gasteiger partial charge on any atom is -0.508 e. The van der Waals surface area contributed by atoms with Gasteiger partial charge in [-0.25, -0.2) is 0 Å². The maximum atomic E-state index is 15.9. The van der Waals surface area contributed by atoms with Crippen LogP contribution in [0.25, 0.3) is 51.2 Å². The normalized spacial score (nSPS) is 14.7. The fourth-order valence-electron chi connectivity index (χ4n) is 15.9. The van der Waals surface area contributed by atoms with Crippen molar-refractivity contribution in [3.05, 3.63) is 160 Å². The number of phenolic OH excluding ortho intramolecular Hbond substituents is 6. The number of hydrogen-bond donors (Lipinski definition) is 7. The molecule has 6 aromatic carbocycles. The smallest absolute Gasteiger partial charge is 0.292 e. The predicted molar refractivity (Wildman–Crippen MR) is 457 cm³/mol. The second kappa shape index (κ2) is 40.4. The molecule has 0 atom stereocenters. The number of aromatic nitrogens is 9. The van der Waals surface area contributed by atoms with Crippen LogP contribution in [0, 0.1) is 0 Å². The summed E-state index contributed by atoms with van der Waals surface area (Å²) in [6, 6.07) is 32.8. The Hall–Kier alpha value is -10.4. The van der Waals surface area contributed by atoms with Crippen molar-refractivity contribution in [2.75, 3.05) is 164 Å². The Bertz CT molecular complexity index is 4830. The highest BCUT2D eigenvalue weighted by Crippen LogP contribution is 2.42. The minimum absolute atomic E-state index is 0.0346. The zero-order valence-corrected chi connectivity index (χ0v) is 70.7. The van der Waals surface area contributed by atoms with Crippen molar-refractivity contribution < 1.29 is 49.8 Å². The Kier molecular flexibility index (Phi) is 29.8. The number of carbonyl (C=O) groups is 3. The van der Waals surface area contributed by atoms with Gasteiger partial charge >= 0.3 is 0 Å². The topological polar surface area (TPSA) is 315 Å². The highest BCUT2D eigenvalue weighted by molar-refractivity contribution is 5.94. The number of piperazine rings is 1. The number of ether oxygens (including phenoxy) is 1. The van der Waals surface area contributed by atoms with Gasteiger partial charge in [0.25, 0.3) is 17.7 Å². The Balaban J connectivity index is 0.818. The number of likely N-dealkylation sites (N-methyl/N-ethyl adjacent to an activating group) is 3. The van der Waals surface area contributed by atoms with Crippen LogP contribution >= 0.6 is 0 Å². The van der Waals surface area contributed by atoms with Gasteiger partial charge in [0.2, 0.25) is 17.5 Å². The van der Waals surface area contributed by atoms with Gasteiger partial charge in [-0.2, -0.15) is 0 Å². The number of nitrogens with one attached hydrogen (secondary N) is 1. The molecule has 29 heteroatoms. The largest absolute Gasteiger partial charge is 0.508 e. The fraction of sp³-hybridized carbons (Fsp3) is 0.494. The van der Waals surface area contributed by atoms with E-state index in [1.807, 2.05) is 112 Å². The molecule has 3 saturated heterocycles. The molecule has 118 heavy (non-hydrogen) atoms. The summed E-state index contributed by atoms with van der Waals surface area (Å²) < 4.78 is 10.8. The molecule has 3 aliphatic heterocycles.